The van der Waals surface area contributed by atoms with E-state index < -0.39 is 0 Å². The average molecular weight is 274 g/mol. The molecule has 1 nitrogen and oxygen atoms in total. The standard InChI is InChI=1S/C14H12BrN/c15-13-5-3-10(4-6-13)12-2-1-11-7-8-16-14(11)9-12/h1-6,9,16H,7-8H2. The molecule has 0 atom stereocenters. The molecule has 80 valence electrons. The van der Waals surface area contributed by atoms with E-state index in [2.05, 4.69) is 63.7 Å². The summed E-state index contributed by atoms with van der Waals surface area (Å²) in [5, 5.41) is 3.41. The number of rotatable bonds is 1. The number of anilines is 1. The number of benzene rings is 2. The third kappa shape index (κ3) is 1.74. The molecule has 1 aliphatic rings. The second-order valence-electron chi connectivity index (χ2n) is 4.06. The molecule has 1 N–H and O–H groups in total. The maximum atomic E-state index is 3.46. The van der Waals surface area contributed by atoms with Gasteiger partial charge in [-0.1, -0.05) is 40.2 Å². The van der Waals surface area contributed by atoms with E-state index in [1.165, 1.54) is 22.4 Å². The zero-order chi connectivity index (χ0) is 11.0. The molecule has 0 saturated heterocycles. The SMILES string of the molecule is Brc1ccc(-c2ccc3c(c2)NCC3)cc1. The summed E-state index contributed by atoms with van der Waals surface area (Å²) in [5.41, 5.74) is 5.27. The lowest BCUT2D eigenvalue weighted by Gasteiger charge is -2.05. The molecule has 0 aromatic heterocycles. The molecule has 2 aromatic carbocycles. The molecule has 0 aliphatic carbocycles. The monoisotopic (exact) mass is 273 g/mol. The molecule has 0 unspecified atom stereocenters. The molecule has 16 heavy (non-hydrogen) atoms. The number of hydrogen-bond donors (Lipinski definition) is 1. The van der Waals surface area contributed by atoms with Crippen LogP contribution in [0.1, 0.15) is 5.56 Å². The summed E-state index contributed by atoms with van der Waals surface area (Å²) >= 11 is 3.46. The Hall–Kier alpha value is -1.28. The Balaban J connectivity index is 2.03. The minimum atomic E-state index is 1.07. The van der Waals surface area contributed by atoms with Crippen molar-refractivity contribution in [1.82, 2.24) is 0 Å². The summed E-state index contributed by atoms with van der Waals surface area (Å²) < 4.78 is 1.12. The van der Waals surface area contributed by atoms with Crippen molar-refractivity contribution in [2.75, 3.05) is 11.9 Å². The minimum absolute atomic E-state index is 1.07. The van der Waals surface area contributed by atoms with Gasteiger partial charge in [-0.2, -0.15) is 0 Å². The maximum absolute atomic E-state index is 3.46. The van der Waals surface area contributed by atoms with Crippen LogP contribution in [0.3, 0.4) is 0 Å². The van der Waals surface area contributed by atoms with Crippen molar-refractivity contribution < 1.29 is 0 Å². The van der Waals surface area contributed by atoms with Crippen molar-refractivity contribution in [3.63, 3.8) is 0 Å². The highest BCUT2D eigenvalue weighted by molar-refractivity contribution is 9.10. The summed E-state index contributed by atoms with van der Waals surface area (Å²) in [5.74, 6) is 0. The smallest absolute Gasteiger partial charge is 0.0379 e. The number of fused-ring (bicyclic) bond motifs is 1. The molecule has 0 bridgehead atoms. The molecule has 2 aromatic rings. The summed E-state index contributed by atoms with van der Waals surface area (Å²) in [6.45, 7) is 1.07. The van der Waals surface area contributed by atoms with Crippen LogP contribution in [0.25, 0.3) is 11.1 Å². The Morgan fingerprint density at radius 1 is 0.938 bits per heavy atom. The molecule has 2 heteroatoms. The van der Waals surface area contributed by atoms with Crippen molar-refractivity contribution in [2.24, 2.45) is 0 Å². The first-order chi connectivity index (χ1) is 7.83. The zero-order valence-corrected chi connectivity index (χ0v) is 10.4. The zero-order valence-electron chi connectivity index (χ0n) is 8.83. The van der Waals surface area contributed by atoms with Crippen LogP contribution >= 0.6 is 15.9 Å². The molecular formula is C14H12BrN. The van der Waals surface area contributed by atoms with E-state index in [1.807, 2.05) is 0 Å². The van der Waals surface area contributed by atoms with Gasteiger partial charge >= 0.3 is 0 Å². The molecular weight excluding hydrogens is 262 g/mol. The predicted octanol–water partition coefficient (Wildman–Crippen LogP) is 4.08. The van der Waals surface area contributed by atoms with Crippen LogP contribution in [0.2, 0.25) is 0 Å². The highest BCUT2D eigenvalue weighted by atomic mass is 79.9. The van der Waals surface area contributed by atoms with E-state index in [4.69, 9.17) is 0 Å². The Morgan fingerprint density at radius 2 is 1.69 bits per heavy atom. The van der Waals surface area contributed by atoms with E-state index in [-0.39, 0.29) is 0 Å². The maximum Gasteiger partial charge on any atom is 0.0379 e. The summed E-state index contributed by atoms with van der Waals surface area (Å²) in [7, 11) is 0. The highest BCUT2D eigenvalue weighted by Gasteiger charge is 2.10. The van der Waals surface area contributed by atoms with Gasteiger partial charge in [0.2, 0.25) is 0 Å². The highest BCUT2D eigenvalue weighted by Crippen LogP contribution is 2.29. The van der Waals surface area contributed by atoms with Crippen LogP contribution in [-0.4, -0.2) is 6.54 Å². The first-order valence-corrected chi connectivity index (χ1v) is 6.25. The largest absolute Gasteiger partial charge is 0.384 e. The summed E-state index contributed by atoms with van der Waals surface area (Å²) in [4.78, 5) is 0. The third-order valence-corrected chi connectivity index (χ3v) is 3.53. The lowest BCUT2D eigenvalue weighted by Crippen LogP contribution is -1.90. The van der Waals surface area contributed by atoms with E-state index in [0.717, 1.165) is 17.4 Å². The van der Waals surface area contributed by atoms with Crippen molar-refractivity contribution in [2.45, 2.75) is 6.42 Å². The van der Waals surface area contributed by atoms with Gasteiger partial charge in [0.05, 0.1) is 0 Å². The fraction of sp³-hybridized carbons (Fsp3) is 0.143. The second kappa shape index (κ2) is 3.95. The normalized spacial score (nSPS) is 13.3. The van der Waals surface area contributed by atoms with E-state index in [9.17, 15) is 0 Å². The van der Waals surface area contributed by atoms with Crippen LogP contribution in [0.4, 0.5) is 5.69 Å². The molecule has 0 spiro atoms. The minimum Gasteiger partial charge on any atom is -0.384 e. The summed E-state index contributed by atoms with van der Waals surface area (Å²) in [6.07, 6.45) is 1.15. The van der Waals surface area contributed by atoms with Crippen LogP contribution in [0, 0.1) is 0 Å². The van der Waals surface area contributed by atoms with Crippen LogP contribution < -0.4 is 5.32 Å². The molecule has 1 aliphatic heterocycles. The fourth-order valence-electron chi connectivity index (χ4n) is 2.11. The van der Waals surface area contributed by atoms with Crippen molar-refractivity contribution in [3.05, 3.63) is 52.5 Å². The van der Waals surface area contributed by atoms with Crippen LogP contribution in [0.15, 0.2) is 46.9 Å². The van der Waals surface area contributed by atoms with Crippen LogP contribution in [-0.2, 0) is 6.42 Å². The first kappa shape index (κ1) is 9.91. The van der Waals surface area contributed by atoms with Gasteiger partial charge in [-0.3, -0.25) is 0 Å². The lowest BCUT2D eigenvalue weighted by atomic mass is 10.0. The van der Waals surface area contributed by atoms with Crippen molar-refractivity contribution in [3.8, 4) is 11.1 Å². The molecule has 0 saturated carbocycles. The quantitative estimate of drug-likeness (QED) is 0.826. The van der Waals surface area contributed by atoms with Gasteiger partial charge < -0.3 is 5.32 Å². The second-order valence-corrected chi connectivity index (χ2v) is 4.97. The topological polar surface area (TPSA) is 12.0 Å². The Morgan fingerprint density at radius 3 is 2.50 bits per heavy atom. The van der Waals surface area contributed by atoms with Gasteiger partial charge in [-0.05, 0) is 41.3 Å². The molecule has 0 amide bonds. The van der Waals surface area contributed by atoms with Crippen molar-refractivity contribution >= 4 is 21.6 Å². The molecule has 1 heterocycles. The lowest BCUT2D eigenvalue weighted by molar-refractivity contribution is 1.11. The Kier molecular flexibility index (Phi) is 2.44. The number of hydrogen-bond acceptors (Lipinski definition) is 1. The Bertz CT molecular complexity index is 517. The van der Waals surface area contributed by atoms with E-state index >= 15 is 0 Å². The third-order valence-electron chi connectivity index (χ3n) is 3.00. The van der Waals surface area contributed by atoms with Gasteiger partial charge in [0.1, 0.15) is 0 Å². The average Bonchev–Trinajstić information content (AvgIpc) is 2.77. The predicted molar refractivity (Wildman–Crippen MR) is 71.8 cm³/mol. The van der Waals surface area contributed by atoms with Gasteiger partial charge in [-0.25, -0.2) is 0 Å². The molecule has 3 rings (SSSR count). The van der Waals surface area contributed by atoms with Crippen LogP contribution in [0.5, 0.6) is 0 Å². The summed E-state index contributed by atoms with van der Waals surface area (Å²) in [6, 6.07) is 15.1. The Labute approximate surface area is 104 Å². The van der Waals surface area contributed by atoms with E-state index in [1.54, 1.807) is 0 Å². The first-order valence-electron chi connectivity index (χ1n) is 5.46. The van der Waals surface area contributed by atoms with E-state index in [0.29, 0.717) is 0 Å². The number of nitrogens with one attached hydrogen (secondary N) is 1. The van der Waals surface area contributed by atoms with Gasteiger partial charge in [-0.15, -0.1) is 0 Å². The molecule has 0 fully saturated rings. The van der Waals surface area contributed by atoms with Gasteiger partial charge in [0.25, 0.3) is 0 Å². The van der Waals surface area contributed by atoms with Gasteiger partial charge in [0, 0.05) is 16.7 Å². The molecule has 0 radical (unpaired) electrons. The van der Waals surface area contributed by atoms with Gasteiger partial charge in [0.15, 0.2) is 0 Å². The number of halogens is 1. The fourth-order valence-corrected chi connectivity index (χ4v) is 2.38. The van der Waals surface area contributed by atoms with Crippen molar-refractivity contribution in [1.29, 1.82) is 0 Å².